The minimum Gasteiger partial charge on any atom is -0.301 e. The Balaban J connectivity index is 2.16. The lowest BCUT2D eigenvalue weighted by atomic mass is 9.96. The minimum absolute atomic E-state index is 0.0646. The van der Waals surface area contributed by atoms with E-state index in [1.807, 2.05) is 6.92 Å². The first-order valence-corrected chi connectivity index (χ1v) is 6.56. The highest BCUT2D eigenvalue weighted by atomic mass is 15.5. The van der Waals surface area contributed by atoms with E-state index in [-0.39, 0.29) is 12.1 Å². The average Bonchev–Trinajstić information content (AvgIpc) is 2.87. The molecule has 1 aromatic carbocycles. The van der Waals surface area contributed by atoms with Crippen molar-refractivity contribution in [2.75, 3.05) is 0 Å². The largest absolute Gasteiger partial charge is 0.301 e. The Morgan fingerprint density at radius 2 is 1.68 bits per heavy atom. The summed E-state index contributed by atoms with van der Waals surface area (Å²) in [5.74, 6) is 0.688. The molecule has 0 saturated heterocycles. The van der Waals surface area contributed by atoms with Gasteiger partial charge in [0.25, 0.3) is 0 Å². The fourth-order valence-corrected chi connectivity index (χ4v) is 2.34. The maximum atomic E-state index is 4.01. The van der Waals surface area contributed by atoms with E-state index in [0.717, 1.165) is 0 Å². The van der Waals surface area contributed by atoms with E-state index < -0.39 is 0 Å². The van der Waals surface area contributed by atoms with Gasteiger partial charge in [-0.1, -0.05) is 17.3 Å². The van der Waals surface area contributed by atoms with Crippen molar-refractivity contribution in [1.82, 2.24) is 25.9 Å². The highest BCUT2D eigenvalue weighted by molar-refractivity contribution is 5.38. The molecule has 0 saturated carbocycles. The van der Waals surface area contributed by atoms with Crippen LogP contribution >= 0.6 is 0 Å². The van der Waals surface area contributed by atoms with Crippen LogP contribution in [0.15, 0.2) is 12.1 Å². The zero-order chi connectivity index (χ0) is 14.0. The van der Waals surface area contributed by atoms with Gasteiger partial charge in [0.2, 0.25) is 0 Å². The number of aryl methyl sites for hydroxylation is 3. The molecule has 0 aliphatic carbocycles. The number of hydrogen-bond donors (Lipinski definition) is 2. The van der Waals surface area contributed by atoms with E-state index in [4.69, 9.17) is 0 Å². The van der Waals surface area contributed by atoms with Crippen molar-refractivity contribution in [2.45, 2.75) is 46.7 Å². The van der Waals surface area contributed by atoms with Crippen LogP contribution in [0.4, 0.5) is 0 Å². The summed E-state index contributed by atoms with van der Waals surface area (Å²) in [5, 5.41) is 17.6. The number of benzene rings is 1. The molecule has 0 aliphatic heterocycles. The Kier molecular flexibility index (Phi) is 3.95. The number of tetrazole rings is 1. The van der Waals surface area contributed by atoms with Gasteiger partial charge in [-0.15, -0.1) is 10.2 Å². The predicted molar refractivity (Wildman–Crippen MR) is 74.8 cm³/mol. The maximum absolute atomic E-state index is 4.01. The SMILES string of the molecule is Cc1cc(C)c(C(C)NC(C)c2nn[nH]n2)cc1C. The van der Waals surface area contributed by atoms with Crippen LogP contribution in [0.1, 0.15) is 54.0 Å². The third kappa shape index (κ3) is 2.98. The monoisotopic (exact) mass is 259 g/mol. The zero-order valence-corrected chi connectivity index (χ0v) is 12.2. The number of hydrogen-bond acceptors (Lipinski definition) is 4. The van der Waals surface area contributed by atoms with E-state index in [1.165, 1.54) is 22.3 Å². The van der Waals surface area contributed by atoms with Crippen LogP contribution in [0.3, 0.4) is 0 Å². The maximum Gasteiger partial charge on any atom is 0.191 e. The summed E-state index contributed by atoms with van der Waals surface area (Å²) in [6, 6.07) is 4.80. The third-order valence-corrected chi connectivity index (χ3v) is 3.60. The molecule has 102 valence electrons. The lowest BCUT2D eigenvalue weighted by molar-refractivity contribution is 0.475. The molecule has 0 amide bonds. The fraction of sp³-hybridized carbons (Fsp3) is 0.500. The van der Waals surface area contributed by atoms with Crippen LogP contribution in [-0.2, 0) is 0 Å². The van der Waals surface area contributed by atoms with Crippen LogP contribution in [-0.4, -0.2) is 20.6 Å². The van der Waals surface area contributed by atoms with E-state index >= 15 is 0 Å². The normalized spacial score (nSPS) is 14.4. The molecule has 1 heterocycles. The molecule has 0 aliphatic rings. The van der Waals surface area contributed by atoms with Crippen molar-refractivity contribution in [2.24, 2.45) is 0 Å². The number of nitrogens with one attached hydrogen (secondary N) is 2. The van der Waals surface area contributed by atoms with Gasteiger partial charge in [-0.3, -0.25) is 0 Å². The molecule has 2 unspecified atom stereocenters. The van der Waals surface area contributed by atoms with E-state index in [1.54, 1.807) is 0 Å². The van der Waals surface area contributed by atoms with Crippen LogP contribution < -0.4 is 5.32 Å². The van der Waals surface area contributed by atoms with Gasteiger partial charge in [-0.25, -0.2) is 0 Å². The van der Waals surface area contributed by atoms with Crippen molar-refractivity contribution >= 4 is 0 Å². The van der Waals surface area contributed by atoms with Crippen LogP contribution in [0.25, 0.3) is 0 Å². The molecule has 2 rings (SSSR count). The lowest BCUT2D eigenvalue weighted by Gasteiger charge is -2.21. The number of aromatic amines is 1. The first-order chi connectivity index (χ1) is 8.99. The summed E-state index contributed by atoms with van der Waals surface area (Å²) in [6.45, 7) is 10.6. The Hall–Kier alpha value is -1.75. The smallest absolute Gasteiger partial charge is 0.191 e. The third-order valence-electron chi connectivity index (χ3n) is 3.60. The molecule has 0 radical (unpaired) electrons. The fourth-order valence-electron chi connectivity index (χ4n) is 2.34. The number of nitrogens with zero attached hydrogens (tertiary/aromatic N) is 3. The lowest BCUT2D eigenvalue weighted by Crippen LogP contribution is -2.24. The van der Waals surface area contributed by atoms with E-state index in [2.05, 4.69) is 65.8 Å². The summed E-state index contributed by atoms with van der Waals surface area (Å²) in [7, 11) is 0. The standard InChI is InChI=1S/C14H21N5/c1-8-6-10(3)13(7-9(8)2)11(4)15-12(5)14-16-18-19-17-14/h6-7,11-12,15H,1-5H3,(H,16,17,18,19). The molecule has 2 N–H and O–H groups in total. The molecule has 5 heteroatoms. The summed E-state index contributed by atoms with van der Waals surface area (Å²) in [4.78, 5) is 0. The highest BCUT2D eigenvalue weighted by Gasteiger charge is 2.16. The van der Waals surface area contributed by atoms with Gasteiger partial charge in [0.05, 0.1) is 6.04 Å². The van der Waals surface area contributed by atoms with Crippen molar-refractivity contribution in [3.8, 4) is 0 Å². The van der Waals surface area contributed by atoms with E-state index in [9.17, 15) is 0 Å². The summed E-state index contributed by atoms with van der Waals surface area (Å²) in [6.07, 6.45) is 0. The molecular formula is C14H21N5. The molecule has 0 bridgehead atoms. The molecular weight excluding hydrogens is 238 g/mol. The zero-order valence-electron chi connectivity index (χ0n) is 12.2. The van der Waals surface area contributed by atoms with E-state index in [0.29, 0.717) is 5.82 Å². The Labute approximate surface area is 113 Å². The van der Waals surface area contributed by atoms with Crippen molar-refractivity contribution < 1.29 is 0 Å². The number of aromatic nitrogens is 4. The molecule has 0 spiro atoms. The summed E-state index contributed by atoms with van der Waals surface area (Å²) < 4.78 is 0. The van der Waals surface area contributed by atoms with Gasteiger partial charge in [-0.2, -0.15) is 5.21 Å². The van der Waals surface area contributed by atoms with Gasteiger partial charge in [0, 0.05) is 6.04 Å². The molecule has 1 aromatic heterocycles. The molecule has 2 atom stereocenters. The highest BCUT2D eigenvalue weighted by Crippen LogP contribution is 2.23. The first-order valence-electron chi connectivity index (χ1n) is 6.56. The quantitative estimate of drug-likeness (QED) is 0.885. The Bertz CT molecular complexity index is 547. The minimum atomic E-state index is 0.0646. The van der Waals surface area contributed by atoms with Gasteiger partial charge in [0.1, 0.15) is 0 Å². The second-order valence-electron chi connectivity index (χ2n) is 5.17. The molecule has 2 aromatic rings. The Morgan fingerprint density at radius 1 is 1.00 bits per heavy atom. The number of rotatable bonds is 4. The van der Waals surface area contributed by atoms with Gasteiger partial charge in [-0.05, 0) is 56.9 Å². The van der Waals surface area contributed by atoms with Crippen molar-refractivity contribution in [3.05, 3.63) is 40.2 Å². The molecule has 0 fully saturated rings. The van der Waals surface area contributed by atoms with Gasteiger partial charge < -0.3 is 5.32 Å². The van der Waals surface area contributed by atoms with Gasteiger partial charge in [0.15, 0.2) is 5.82 Å². The van der Waals surface area contributed by atoms with Crippen LogP contribution in [0, 0.1) is 20.8 Å². The molecule has 19 heavy (non-hydrogen) atoms. The second-order valence-corrected chi connectivity index (χ2v) is 5.17. The molecule has 5 nitrogen and oxygen atoms in total. The predicted octanol–water partition coefficient (Wildman–Crippen LogP) is 2.54. The number of H-pyrrole nitrogens is 1. The average molecular weight is 259 g/mol. The van der Waals surface area contributed by atoms with Crippen molar-refractivity contribution in [1.29, 1.82) is 0 Å². The van der Waals surface area contributed by atoms with Crippen molar-refractivity contribution in [3.63, 3.8) is 0 Å². The first kappa shape index (κ1) is 13.7. The summed E-state index contributed by atoms with van der Waals surface area (Å²) >= 11 is 0. The Morgan fingerprint density at radius 3 is 2.32 bits per heavy atom. The van der Waals surface area contributed by atoms with Gasteiger partial charge >= 0.3 is 0 Å². The summed E-state index contributed by atoms with van der Waals surface area (Å²) in [5.41, 5.74) is 5.28. The topological polar surface area (TPSA) is 66.5 Å². The van der Waals surface area contributed by atoms with Crippen LogP contribution in [0.2, 0.25) is 0 Å². The van der Waals surface area contributed by atoms with Crippen LogP contribution in [0.5, 0.6) is 0 Å². The second kappa shape index (κ2) is 5.48.